The van der Waals surface area contributed by atoms with Crippen LogP contribution >= 0.6 is 0 Å². The first-order valence-corrected chi connectivity index (χ1v) is 9.21. The SMILES string of the molecule is COCc1cc(N2C[C@H]3C[C@@H](N4CCCC4)[C@H](O)C[C@H]3C2)ncn1. The molecular formula is C18H28N4O2. The number of ether oxygens (including phenoxy) is 1. The van der Waals surface area contributed by atoms with Gasteiger partial charge in [-0.05, 0) is 50.6 Å². The standard InChI is InChI=1S/C18H28N4O2/c1-24-11-15-8-18(20-12-19-15)22-9-13-6-16(21-4-2-3-5-21)17(23)7-14(13)10-22/h8,12-14,16-17,23H,2-7,9-11H2,1H3/t13-,14+,16-,17-/m1/s1. The van der Waals surface area contributed by atoms with Crippen LogP contribution in [-0.2, 0) is 11.3 Å². The van der Waals surface area contributed by atoms with E-state index in [-0.39, 0.29) is 6.10 Å². The number of hydrogen-bond acceptors (Lipinski definition) is 6. The molecule has 0 spiro atoms. The third-order valence-corrected chi connectivity index (χ3v) is 6.04. The molecule has 4 atom stereocenters. The third-order valence-electron chi connectivity index (χ3n) is 6.04. The first-order chi connectivity index (χ1) is 11.7. The Bertz CT molecular complexity index is 564. The van der Waals surface area contributed by atoms with Crippen LogP contribution in [0.4, 0.5) is 5.82 Å². The lowest BCUT2D eigenvalue weighted by molar-refractivity contribution is -0.000854. The number of rotatable bonds is 4. The Kier molecular flexibility index (Phi) is 4.70. The molecule has 0 amide bonds. The average molecular weight is 332 g/mol. The summed E-state index contributed by atoms with van der Waals surface area (Å²) < 4.78 is 5.18. The maximum absolute atomic E-state index is 10.6. The molecule has 3 heterocycles. The summed E-state index contributed by atoms with van der Waals surface area (Å²) in [7, 11) is 1.69. The van der Waals surface area contributed by atoms with E-state index < -0.39 is 0 Å². The second kappa shape index (κ2) is 6.94. The van der Waals surface area contributed by atoms with Crippen LogP contribution in [0, 0.1) is 11.8 Å². The molecule has 24 heavy (non-hydrogen) atoms. The van der Waals surface area contributed by atoms with Gasteiger partial charge in [-0.2, -0.15) is 0 Å². The maximum atomic E-state index is 10.6. The summed E-state index contributed by atoms with van der Waals surface area (Å²) in [4.78, 5) is 13.6. The van der Waals surface area contributed by atoms with Gasteiger partial charge < -0.3 is 14.7 Å². The van der Waals surface area contributed by atoms with Crippen LogP contribution in [0.1, 0.15) is 31.4 Å². The van der Waals surface area contributed by atoms with Crippen molar-refractivity contribution in [2.45, 2.75) is 44.4 Å². The molecule has 3 fully saturated rings. The molecule has 6 heteroatoms. The number of aliphatic hydroxyl groups excluding tert-OH is 1. The summed E-state index contributed by atoms with van der Waals surface area (Å²) in [6.45, 7) is 4.89. The summed E-state index contributed by atoms with van der Waals surface area (Å²) >= 11 is 0. The van der Waals surface area contributed by atoms with Crippen molar-refractivity contribution in [1.29, 1.82) is 0 Å². The molecule has 0 bridgehead atoms. The van der Waals surface area contributed by atoms with Gasteiger partial charge in [-0.3, -0.25) is 4.90 Å². The predicted molar refractivity (Wildman–Crippen MR) is 91.8 cm³/mol. The largest absolute Gasteiger partial charge is 0.391 e. The number of methoxy groups -OCH3 is 1. The van der Waals surface area contributed by atoms with Crippen molar-refractivity contribution in [3.8, 4) is 0 Å². The van der Waals surface area contributed by atoms with E-state index in [0.717, 1.165) is 50.5 Å². The fourth-order valence-electron chi connectivity index (χ4n) is 4.85. The average Bonchev–Trinajstić information content (AvgIpc) is 3.23. The van der Waals surface area contributed by atoms with E-state index in [1.54, 1.807) is 13.4 Å². The van der Waals surface area contributed by atoms with Gasteiger partial charge in [0.2, 0.25) is 0 Å². The van der Waals surface area contributed by atoms with Gasteiger partial charge in [0, 0.05) is 32.3 Å². The minimum Gasteiger partial charge on any atom is -0.391 e. The van der Waals surface area contributed by atoms with Crippen molar-refractivity contribution >= 4 is 5.82 Å². The van der Waals surface area contributed by atoms with Crippen LogP contribution in [0.15, 0.2) is 12.4 Å². The summed E-state index contributed by atoms with van der Waals surface area (Å²) in [5, 5.41) is 10.6. The number of fused-ring (bicyclic) bond motifs is 1. The van der Waals surface area contributed by atoms with Crippen LogP contribution in [-0.4, -0.2) is 65.4 Å². The lowest BCUT2D eigenvalue weighted by atomic mass is 9.77. The molecule has 0 unspecified atom stereocenters. The molecule has 6 nitrogen and oxygen atoms in total. The molecule has 1 N–H and O–H groups in total. The van der Waals surface area contributed by atoms with Crippen molar-refractivity contribution in [3.05, 3.63) is 18.1 Å². The molecule has 0 radical (unpaired) electrons. The van der Waals surface area contributed by atoms with E-state index in [9.17, 15) is 5.11 Å². The number of aliphatic hydroxyl groups is 1. The highest BCUT2D eigenvalue weighted by molar-refractivity contribution is 5.40. The topological polar surface area (TPSA) is 61.7 Å². The Morgan fingerprint density at radius 1 is 1.17 bits per heavy atom. The zero-order chi connectivity index (χ0) is 16.5. The van der Waals surface area contributed by atoms with E-state index in [1.807, 2.05) is 6.07 Å². The van der Waals surface area contributed by atoms with Gasteiger partial charge in [0.1, 0.15) is 12.1 Å². The molecule has 3 aliphatic rings. The molecule has 1 aliphatic carbocycles. The zero-order valence-electron chi connectivity index (χ0n) is 14.5. The summed E-state index contributed by atoms with van der Waals surface area (Å²) in [5.41, 5.74) is 0.923. The highest BCUT2D eigenvalue weighted by Crippen LogP contribution is 2.40. The van der Waals surface area contributed by atoms with Crippen LogP contribution in [0.5, 0.6) is 0 Å². The molecule has 2 saturated heterocycles. The Morgan fingerprint density at radius 2 is 1.92 bits per heavy atom. The van der Waals surface area contributed by atoms with Gasteiger partial charge in [-0.25, -0.2) is 9.97 Å². The summed E-state index contributed by atoms with van der Waals surface area (Å²) in [6, 6.07) is 2.40. The first-order valence-electron chi connectivity index (χ1n) is 9.21. The van der Waals surface area contributed by atoms with E-state index in [2.05, 4.69) is 19.8 Å². The smallest absolute Gasteiger partial charge is 0.132 e. The Balaban J connectivity index is 1.44. The minimum absolute atomic E-state index is 0.168. The van der Waals surface area contributed by atoms with E-state index in [4.69, 9.17) is 4.74 Å². The van der Waals surface area contributed by atoms with Gasteiger partial charge in [0.05, 0.1) is 18.4 Å². The summed E-state index contributed by atoms with van der Waals surface area (Å²) in [5.74, 6) is 2.25. The van der Waals surface area contributed by atoms with Crippen molar-refractivity contribution in [1.82, 2.24) is 14.9 Å². The van der Waals surface area contributed by atoms with Crippen LogP contribution in [0.25, 0.3) is 0 Å². The lowest BCUT2D eigenvalue weighted by Gasteiger charge is -2.40. The van der Waals surface area contributed by atoms with Crippen molar-refractivity contribution in [3.63, 3.8) is 0 Å². The van der Waals surface area contributed by atoms with Gasteiger partial charge >= 0.3 is 0 Å². The van der Waals surface area contributed by atoms with Gasteiger partial charge in [0.25, 0.3) is 0 Å². The second-order valence-electron chi connectivity index (χ2n) is 7.57. The molecular weight excluding hydrogens is 304 g/mol. The molecule has 0 aromatic carbocycles. The van der Waals surface area contributed by atoms with E-state index in [0.29, 0.717) is 24.5 Å². The predicted octanol–water partition coefficient (Wildman–Crippen LogP) is 1.29. The molecule has 1 aromatic heterocycles. The second-order valence-corrected chi connectivity index (χ2v) is 7.57. The van der Waals surface area contributed by atoms with Crippen molar-refractivity contribution in [2.24, 2.45) is 11.8 Å². The maximum Gasteiger partial charge on any atom is 0.132 e. The van der Waals surface area contributed by atoms with Crippen molar-refractivity contribution in [2.75, 3.05) is 38.2 Å². The quantitative estimate of drug-likeness (QED) is 0.897. The lowest BCUT2D eigenvalue weighted by Crippen LogP contribution is -2.48. The Morgan fingerprint density at radius 3 is 2.67 bits per heavy atom. The zero-order valence-corrected chi connectivity index (χ0v) is 14.5. The number of likely N-dealkylation sites (tertiary alicyclic amines) is 1. The van der Waals surface area contributed by atoms with Gasteiger partial charge in [-0.1, -0.05) is 0 Å². The van der Waals surface area contributed by atoms with Gasteiger partial charge in [-0.15, -0.1) is 0 Å². The van der Waals surface area contributed by atoms with E-state index in [1.165, 1.54) is 12.8 Å². The molecule has 1 saturated carbocycles. The molecule has 2 aliphatic heterocycles. The number of nitrogens with zero attached hydrogens (tertiary/aromatic N) is 4. The minimum atomic E-state index is -0.168. The number of aromatic nitrogens is 2. The van der Waals surface area contributed by atoms with Crippen LogP contribution in [0.2, 0.25) is 0 Å². The highest BCUT2D eigenvalue weighted by Gasteiger charge is 2.44. The number of anilines is 1. The van der Waals surface area contributed by atoms with Crippen LogP contribution in [0.3, 0.4) is 0 Å². The third kappa shape index (κ3) is 3.15. The Hall–Kier alpha value is -1.24. The molecule has 4 rings (SSSR count). The van der Waals surface area contributed by atoms with Crippen LogP contribution < -0.4 is 4.90 Å². The number of hydrogen-bond donors (Lipinski definition) is 1. The van der Waals surface area contributed by atoms with E-state index >= 15 is 0 Å². The molecule has 132 valence electrons. The molecule has 1 aromatic rings. The summed E-state index contributed by atoms with van der Waals surface area (Å²) in [6.07, 6.45) is 6.09. The van der Waals surface area contributed by atoms with Gasteiger partial charge in [0.15, 0.2) is 0 Å². The fraction of sp³-hybridized carbons (Fsp3) is 0.778. The monoisotopic (exact) mass is 332 g/mol. The first kappa shape index (κ1) is 16.2. The highest BCUT2D eigenvalue weighted by atomic mass is 16.5. The fourth-order valence-corrected chi connectivity index (χ4v) is 4.85. The van der Waals surface area contributed by atoms with Crippen molar-refractivity contribution < 1.29 is 9.84 Å². The Labute approximate surface area is 143 Å². The normalized spacial score (nSPS) is 33.8.